The van der Waals surface area contributed by atoms with Crippen LogP contribution in [0.3, 0.4) is 0 Å². The van der Waals surface area contributed by atoms with E-state index < -0.39 is 65.9 Å². The van der Waals surface area contributed by atoms with Gasteiger partial charge in [-0.2, -0.15) is 16.8 Å². The Bertz CT molecular complexity index is 2410. The minimum absolute atomic E-state index is 0. The van der Waals surface area contributed by atoms with Crippen molar-refractivity contribution in [2.75, 3.05) is 44.6 Å². The first-order chi connectivity index (χ1) is 33.4. The molecule has 0 aliphatic carbocycles. The maximum atomic E-state index is 13.5. The molecule has 0 aliphatic rings. The van der Waals surface area contributed by atoms with E-state index in [0.717, 1.165) is 23.4 Å². The van der Waals surface area contributed by atoms with Gasteiger partial charge in [0.25, 0.3) is 0 Å². The fourth-order valence-electron chi connectivity index (χ4n) is 6.36. The molecule has 4 aromatic rings. The third-order valence-electron chi connectivity index (χ3n) is 9.82. The van der Waals surface area contributed by atoms with Crippen molar-refractivity contribution in [1.29, 1.82) is 0 Å². The number of benzene rings is 2. The molecule has 23 heteroatoms. The number of carbonyl (C=O) groups excluding carboxylic acids is 2. The van der Waals surface area contributed by atoms with E-state index in [1.54, 1.807) is 52.3 Å². The molecule has 2 aromatic heterocycles. The molecule has 0 saturated carbocycles. The van der Waals surface area contributed by atoms with Crippen molar-refractivity contribution in [3.05, 3.63) is 94.8 Å². The van der Waals surface area contributed by atoms with Gasteiger partial charge in [-0.25, -0.2) is 28.7 Å². The molecule has 0 unspecified atom stereocenters. The van der Waals surface area contributed by atoms with Crippen LogP contribution in [-0.4, -0.2) is 166 Å². The number of rotatable bonds is 21. The van der Waals surface area contributed by atoms with Crippen molar-refractivity contribution in [2.24, 2.45) is 5.92 Å². The van der Waals surface area contributed by atoms with Crippen LogP contribution in [0.25, 0.3) is 34.7 Å². The second-order valence-corrected chi connectivity index (χ2v) is 17.7. The third-order valence-corrected chi connectivity index (χ3v) is 9.82. The van der Waals surface area contributed by atoms with Crippen LogP contribution in [-0.2, 0) is 37.5 Å². The van der Waals surface area contributed by atoms with Crippen LogP contribution in [0.1, 0.15) is 108 Å². The van der Waals surface area contributed by atoms with E-state index in [9.17, 15) is 43.9 Å². The Morgan fingerprint density at radius 3 is 1.29 bits per heavy atom. The Labute approximate surface area is 456 Å². The first kappa shape index (κ1) is 67.2. The number of hydrogen-bond acceptors (Lipinski definition) is 18. The monoisotopic (exact) mass is 1070 g/mol. The molecule has 0 saturated heterocycles. The summed E-state index contributed by atoms with van der Waals surface area (Å²) >= 11 is -1.50. The molecule has 4 N–H and O–H groups in total. The Morgan fingerprint density at radius 2 is 0.986 bits per heavy atom. The fourth-order valence-corrected chi connectivity index (χ4v) is 6.36. The zero-order chi connectivity index (χ0) is 54.0. The number of aliphatic hydroxyl groups excluding tert-OH is 4. The summed E-state index contributed by atoms with van der Waals surface area (Å²) in [5, 5.41) is 51.2. The topological polar surface area (TPSA) is 274 Å². The molecule has 4 atom stereocenters. The smallest absolute Gasteiger partial charge is 0.550 e. The van der Waals surface area contributed by atoms with Gasteiger partial charge in [-0.15, -0.1) is 0 Å². The van der Waals surface area contributed by atoms with Crippen molar-refractivity contribution in [3.8, 4) is 22.5 Å². The largest absolute Gasteiger partial charge is 2.00 e. The number of nitrogens with zero attached hydrogens (tertiary/aromatic N) is 6. The van der Waals surface area contributed by atoms with Crippen LogP contribution < -0.4 is 14.9 Å². The van der Waals surface area contributed by atoms with Crippen molar-refractivity contribution in [1.82, 2.24) is 19.9 Å². The normalized spacial score (nSPS) is 12.5. The van der Waals surface area contributed by atoms with Crippen LogP contribution in [0.5, 0.6) is 0 Å². The van der Waals surface area contributed by atoms with Crippen LogP contribution in [0.4, 0.5) is 20.7 Å². The van der Waals surface area contributed by atoms with Crippen molar-refractivity contribution < 1.29 is 65.5 Å². The van der Waals surface area contributed by atoms with Gasteiger partial charge in [-0.05, 0) is 72.7 Å². The van der Waals surface area contributed by atoms with Crippen LogP contribution >= 0.6 is 0 Å². The van der Waals surface area contributed by atoms with E-state index in [2.05, 4.69) is 15.0 Å². The van der Waals surface area contributed by atoms with Gasteiger partial charge in [-0.3, -0.25) is 4.79 Å². The number of esters is 1. The number of carboxylic acid groups (broad SMARTS) is 1. The van der Waals surface area contributed by atoms with Gasteiger partial charge in [-0.1, -0.05) is 65.8 Å². The van der Waals surface area contributed by atoms with Gasteiger partial charge in [0.1, 0.15) is 11.6 Å². The number of aromatic nitrogens is 4. The first-order valence-electron chi connectivity index (χ1n) is 22.4. The number of carboxylic acids is 1. The van der Waals surface area contributed by atoms with Crippen LogP contribution in [0.15, 0.2) is 60.7 Å². The first-order valence-corrected chi connectivity index (χ1v) is 23.7. The van der Waals surface area contributed by atoms with Gasteiger partial charge in [0.2, 0.25) is 11.9 Å². The summed E-state index contributed by atoms with van der Waals surface area (Å²) in [4.78, 5) is 44.7. The standard InChI is InChI=1S/C27H38FN3O4.C22H28FN3O4.Ca.2O2S/c1-17(2)13-14-35-24(34)16-22(33)15-21(32)11-12-23-25(18(3)4)29-27(31(5)6)30-26(23)19-7-9-20(28)10-8-19;1-13(2)20-18(10-9-16(27)11-17(28)12-19(29)30)21(25-22(24-20)26(3)4)14-5-7-15(23)8-6-14;;2*1-3-2/h7-12,17-18,21-22,32-33H,13-16H2,1-6H3;5-10,13,16-17,27-28H,11-12H2,1-4H3,(H,29,30);;;/q;;+2;;/p-1/b12-11+;10-9+;;;/t21-,22-;16-,17-;;;/m11.../s1. The van der Waals surface area contributed by atoms with E-state index in [1.807, 2.05) is 69.7 Å². The summed E-state index contributed by atoms with van der Waals surface area (Å²) in [6.45, 7) is 12.4. The SMILES string of the molecule is CC(C)CCOC(=O)C[C@H](O)C[C@H](O)/C=C/c1c(-c2ccc(F)cc2)nc(N(C)C)nc1C(C)C.CC(C)c1nc(N(C)C)nc(-c2ccc(F)cc2)c1/C=C/[C@@H](O)C[C@@H](O)CC(=O)[O-].O=S=O.O=S=O.[Ca+2]. The van der Waals surface area contributed by atoms with E-state index in [0.29, 0.717) is 52.5 Å². The predicted octanol–water partition coefficient (Wildman–Crippen LogP) is 4.59. The molecule has 72 heavy (non-hydrogen) atoms. The summed E-state index contributed by atoms with van der Waals surface area (Å²) in [5.74, 6) is -1.04. The van der Waals surface area contributed by atoms with Gasteiger partial charge in [0.05, 0.1) is 60.2 Å². The Balaban J connectivity index is 0.00000126. The van der Waals surface area contributed by atoms with E-state index >= 15 is 0 Å². The zero-order valence-corrected chi connectivity index (χ0v) is 46.1. The molecule has 0 bridgehead atoms. The molecular formula is C49H65CaF2N6O12S2+. The summed E-state index contributed by atoms with van der Waals surface area (Å²) in [7, 11) is 7.35. The molecule has 2 aromatic carbocycles. The Kier molecular flexibility index (Phi) is 33.0. The number of aliphatic hydroxyl groups is 4. The minimum Gasteiger partial charge on any atom is -0.550 e. The van der Waals surface area contributed by atoms with E-state index in [-0.39, 0.29) is 80.5 Å². The zero-order valence-electron chi connectivity index (χ0n) is 42.2. The second kappa shape index (κ2) is 35.4. The molecule has 390 valence electrons. The molecule has 0 amide bonds. The average Bonchev–Trinajstić information content (AvgIpc) is 3.27. The fraction of sp³-hybridized carbons (Fsp3) is 0.469. The number of ether oxygens (including phenoxy) is 1. The molecule has 0 radical (unpaired) electrons. The summed E-state index contributed by atoms with van der Waals surface area (Å²) in [5.41, 5.74) is 5.50. The molecule has 0 fully saturated rings. The quantitative estimate of drug-likeness (QED) is 0.0656. The predicted molar refractivity (Wildman–Crippen MR) is 271 cm³/mol. The van der Waals surface area contributed by atoms with Gasteiger partial charge >= 0.3 is 66.8 Å². The molecular weight excluding hydrogens is 1010 g/mol. The maximum Gasteiger partial charge on any atom is 2.00 e. The van der Waals surface area contributed by atoms with E-state index in [1.165, 1.54) is 30.3 Å². The minimum atomic E-state index is -1.38. The summed E-state index contributed by atoms with van der Waals surface area (Å²) in [6.07, 6.45) is 1.94. The molecule has 2 heterocycles. The van der Waals surface area contributed by atoms with Gasteiger partial charge in [0, 0.05) is 75.7 Å². The van der Waals surface area contributed by atoms with Crippen LogP contribution in [0, 0.1) is 17.6 Å². The number of halogens is 2. The molecule has 4 rings (SSSR count). The number of hydrogen-bond donors (Lipinski definition) is 4. The Hall–Kier alpha value is -4.78. The Morgan fingerprint density at radius 1 is 0.639 bits per heavy atom. The average molecular weight is 1070 g/mol. The van der Waals surface area contributed by atoms with Gasteiger partial charge in [0.15, 0.2) is 0 Å². The maximum absolute atomic E-state index is 13.5. The number of carbonyl (C=O) groups is 2. The summed E-state index contributed by atoms with van der Waals surface area (Å²) < 4.78 is 65.3. The third kappa shape index (κ3) is 25.2. The second-order valence-electron chi connectivity index (χ2n) is 17.4. The molecule has 0 aliphatic heterocycles. The van der Waals surface area contributed by atoms with E-state index in [4.69, 9.17) is 26.6 Å². The summed E-state index contributed by atoms with van der Waals surface area (Å²) in [6, 6.07) is 12.0. The van der Waals surface area contributed by atoms with Crippen LogP contribution in [0.2, 0.25) is 0 Å². The molecule has 18 nitrogen and oxygen atoms in total. The van der Waals surface area contributed by atoms with Crippen molar-refractivity contribution >= 4 is 96.9 Å². The molecule has 0 spiro atoms. The van der Waals surface area contributed by atoms with Gasteiger partial charge < -0.3 is 44.9 Å². The van der Waals surface area contributed by atoms with Crippen molar-refractivity contribution in [3.63, 3.8) is 0 Å². The number of aliphatic carboxylic acids is 1. The number of anilines is 2. The van der Waals surface area contributed by atoms with Crippen molar-refractivity contribution in [2.45, 2.75) is 110 Å².